The van der Waals surface area contributed by atoms with Crippen LogP contribution in [0.4, 0.5) is 0 Å². The highest BCUT2D eigenvalue weighted by atomic mass is 35.5. The highest BCUT2D eigenvalue weighted by molar-refractivity contribution is 6.31. The van der Waals surface area contributed by atoms with E-state index in [-0.39, 0.29) is 23.1 Å². The molecule has 0 unspecified atom stereocenters. The molecule has 1 fully saturated rings. The number of benzene rings is 1. The van der Waals surface area contributed by atoms with Crippen molar-refractivity contribution in [1.82, 2.24) is 4.90 Å². The van der Waals surface area contributed by atoms with Crippen molar-refractivity contribution in [1.29, 1.82) is 0 Å². The Kier molecular flexibility index (Phi) is 4.27. The van der Waals surface area contributed by atoms with Crippen molar-refractivity contribution in [3.05, 3.63) is 28.8 Å². The summed E-state index contributed by atoms with van der Waals surface area (Å²) in [6.45, 7) is 2.84. The lowest BCUT2D eigenvalue weighted by Gasteiger charge is -2.38. The van der Waals surface area contributed by atoms with Crippen molar-refractivity contribution in [3.8, 4) is 5.75 Å². The Morgan fingerprint density at radius 2 is 2.05 bits per heavy atom. The van der Waals surface area contributed by atoms with E-state index in [4.69, 9.17) is 22.5 Å². The number of phenolic OH excluding ortho intramolecular Hbond substituents is 1. The van der Waals surface area contributed by atoms with Gasteiger partial charge in [0.2, 0.25) is 0 Å². The maximum Gasteiger partial charge on any atom is 0.257 e. The van der Waals surface area contributed by atoms with Gasteiger partial charge in [0, 0.05) is 23.5 Å². The second kappa shape index (κ2) is 5.81. The van der Waals surface area contributed by atoms with Crippen LogP contribution in [-0.4, -0.2) is 40.0 Å². The fourth-order valence-corrected chi connectivity index (χ4v) is 2.60. The molecule has 0 radical (unpaired) electrons. The summed E-state index contributed by atoms with van der Waals surface area (Å²) in [6.07, 6.45) is 1.19. The number of amides is 1. The molecule has 2 rings (SSSR count). The summed E-state index contributed by atoms with van der Waals surface area (Å²) in [4.78, 5) is 14.1. The highest BCUT2D eigenvalue weighted by Crippen LogP contribution is 2.32. The Hall–Kier alpha value is -1.95. The summed E-state index contributed by atoms with van der Waals surface area (Å²) in [7, 11) is 0. The molecule has 21 heavy (non-hydrogen) atoms. The highest BCUT2D eigenvalue weighted by Gasteiger charge is 2.36. The summed E-state index contributed by atoms with van der Waals surface area (Å²) < 4.78 is 0. The van der Waals surface area contributed by atoms with E-state index in [1.807, 2.05) is 6.92 Å². The lowest BCUT2D eigenvalue weighted by atomic mass is 9.79. The summed E-state index contributed by atoms with van der Waals surface area (Å²) in [5.41, 5.74) is 5.47. The van der Waals surface area contributed by atoms with Crippen molar-refractivity contribution in [2.75, 3.05) is 13.1 Å². The number of rotatable bonds is 2. The Labute approximate surface area is 127 Å². The molecule has 1 heterocycles. The smallest absolute Gasteiger partial charge is 0.257 e. The van der Waals surface area contributed by atoms with Gasteiger partial charge in [0.1, 0.15) is 11.6 Å². The van der Waals surface area contributed by atoms with Crippen LogP contribution in [0.5, 0.6) is 5.75 Å². The number of hydrogen-bond acceptors (Lipinski definition) is 4. The fourth-order valence-electron chi connectivity index (χ4n) is 2.43. The number of nitrogens with zero attached hydrogens (tertiary/aromatic N) is 2. The molecule has 1 aliphatic heterocycles. The number of oxime groups is 1. The number of hydrogen-bond donors (Lipinski definition) is 3. The summed E-state index contributed by atoms with van der Waals surface area (Å²) in [5.74, 6) is -0.175. The minimum absolute atomic E-state index is 0.0887. The summed E-state index contributed by atoms with van der Waals surface area (Å²) in [6, 6.07) is 4.38. The maximum atomic E-state index is 12.4. The first kappa shape index (κ1) is 15.4. The number of piperidine rings is 1. The molecule has 1 saturated heterocycles. The second-order valence-electron chi connectivity index (χ2n) is 5.50. The zero-order valence-corrected chi connectivity index (χ0v) is 12.5. The van der Waals surface area contributed by atoms with E-state index in [9.17, 15) is 9.90 Å². The van der Waals surface area contributed by atoms with Crippen LogP contribution < -0.4 is 5.73 Å². The SMILES string of the molecule is CC1(/C(N)=N/O)CCN(C(=O)c2cc(Cl)ccc2O)CC1. The molecular weight excluding hydrogens is 294 g/mol. The van der Waals surface area contributed by atoms with Gasteiger partial charge in [-0.05, 0) is 31.0 Å². The van der Waals surface area contributed by atoms with Gasteiger partial charge in [-0.1, -0.05) is 23.7 Å². The van der Waals surface area contributed by atoms with Crippen LogP contribution in [0, 0.1) is 5.41 Å². The molecule has 1 amide bonds. The first-order valence-electron chi connectivity index (χ1n) is 6.63. The van der Waals surface area contributed by atoms with Gasteiger partial charge in [0.05, 0.1) is 5.56 Å². The van der Waals surface area contributed by atoms with E-state index in [1.54, 1.807) is 4.90 Å². The van der Waals surface area contributed by atoms with E-state index < -0.39 is 5.41 Å². The average molecular weight is 312 g/mol. The lowest BCUT2D eigenvalue weighted by Crippen LogP contribution is -2.47. The third-order valence-corrected chi connectivity index (χ3v) is 4.30. The maximum absolute atomic E-state index is 12.4. The molecule has 1 aliphatic rings. The van der Waals surface area contributed by atoms with Crippen LogP contribution in [0.3, 0.4) is 0 Å². The number of carbonyl (C=O) groups excluding carboxylic acids is 1. The van der Waals surface area contributed by atoms with Gasteiger partial charge >= 0.3 is 0 Å². The quantitative estimate of drug-likeness (QED) is 0.337. The number of nitrogens with two attached hydrogens (primary N) is 1. The largest absolute Gasteiger partial charge is 0.507 e. The van der Waals surface area contributed by atoms with Crippen LogP contribution in [0.1, 0.15) is 30.1 Å². The fraction of sp³-hybridized carbons (Fsp3) is 0.429. The predicted octanol–water partition coefficient (Wildman–Crippen LogP) is 2.03. The van der Waals surface area contributed by atoms with Gasteiger partial charge in [-0.2, -0.15) is 0 Å². The number of likely N-dealkylation sites (tertiary alicyclic amines) is 1. The number of aromatic hydroxyl groups is 1. The van der Waals surface area contributed by atoms with Crippen LogP contribution in [0.2, 0.25) is 5.02 Å². The zero-order chi connectivity index (χ0) is 15.6. The number of amidine groups is 1. The lowest BCUT2D eigenvalue weighted by molar-refractivity contribution is 0.0663. The van der Waals surface area contributed by atoms with Crippen molar-refractivity contribution < 1.29 is 15.1 Å². The van der Waals surface area contributed by atoms with Crippen molar-refractivity contribution in [2.45, 2.75) is 19.8 Å². The predicted molar refractivity (Wildman–Crippen MR) is 79.8 cm³/mol. The molecule has 0 aromatic heterocycles. The molecule has 1 aromatic carbocycles. The third kappa shape index (κ3) is 3.05. The minimum atomic E-state index is -0.415. The van der Waals surface area contributed by atoms with Crippen LogP contribution >= 0.6 is 11.6 Å². The van der Waals surface area contributed by atoms with E-state index in [1.165, 1.54) is 18.2 Å². The van der Waals surface area contributed by atoms with Gasteiger partial charge < -0.3 is 20.9 Å². The number of carbonyl (C=O) groups is 1. The standard InChI is InChI=1S/C14H18ClN3O3/c1-14(13(16)17-21)4-6-18(7-5-14)12(20)10-8-9(15)2-3-11(10)19/h2-3,8,19,21H,4-7H2,1H3,(H2,16,17). The van der Waals surface area contributed by atoms with Crippen LogP contribution in [0.15, 0.2) is 23.4 Å². The molecule has 114 valence electrons. The molecule has 0 spiro atoms. The van der Waals surface area contributed by atoms with Crippen LogP contribution in [0.25, 0.3) is 0 Å². The van der Waals surface area contributed by atoms with Gasteiger partial charge in [0.15, 0.2) is 0 Å². The van der Waals surface area contributed by atoms with E-state index in [2.05, 4.69) is 5.16 Å². The number of phenols is 1. The van der Waals surface area contributed by atoms with E-state index in [0.717, 1.165) is 0 Å². The summed E-state index contributed by atoms with van der Waals surface area (Å²) in [5, 5.41) is 22.1. The molecule has 0 saturated carbocycles. The molecule has 7 heteroatoms. The monoisotopic (exact) mass is 311 g/mol. The van der Waals surface area contributed by atoms with E-state index >= 15 is 0 Å². The Bertz CT molecular complexity index is 581. The average Bonchev–Trinajstić information content (AvgIpc) is 2.49. The van der Waals surface area contributed by atoms with Crippen molar-refractivity contribution in [2.24, 2.45) is 16.3 Å². The summed E-state index contributed by atoms with van der Waals surface area (Å²) >= 11 is 5.86. The van der Waals surface area contributed by atoms with Crippen molar-refractivity contribution >= 4 is 23.3 Å². The molecule has 1 aromatic rings. The van der Waals surface area contributed by atoms with Gasteiger partial charge in [-0.3, -0.25) is 4.79 Å². The molecular formula is C14H18ClN3O3. The van der Waals surface area contributed by atoms with Crippen molar-refractivity contribution in [3.63, 3.8) is 0 Å². The van der Waals surface area contributed by atoms with E-state index in [0.29, 0.717) is 31.0 Å². The van der Waals surface area contributed by atoms with Crippen LogP contribution in [-0.2, 0) is 0 Å². The Morgan fingerprint density at radius 1 is 1.43 bits per heavy atom. The molecule has 6 nitrogen and oxygen atoms in total. The van der Waals surface area contributed by atoms with Gasteiger partial charge in [-0.15, -0.1) is 0 Å². The number of halogens is 1. The molecule has 0 atom stereocenters. The minimum Gasteiger partial charge on any atom is -0.507 e. The topological polar surface area (TPSA) is 99.2 Å². The second-order valence-corrected chi connectivity index (χ2v) is 5.94. The van der Waals surface area contributed by atoms with Gasteiger partial charge in [-0.25, -0.2) is 0 Å². The Balaban J connectivity index is 2.12. The third-order valence-electron chi connectivity index (χ3n) is 4.07. The molecule has 0 aliphatic carbocycles. The zero-order valence-electron chi connectivity index (χ0n) is 11.7. The molecule has 0 bridgehead atoms. The normalized spacial score (nSPS) is 18.6. The first-order chi connectivity index (χ1) is 9.87. The molecule has 4 N–H and O–H groups in total. The Morgan fingerprint density at radius 3 is 2.62 bits per heavy atom. The van der Waals surface area contributed by atoms with Gasteiger partial charge in [0.25, 0.3) is 5.91 Å². The first-order valence-corrected chi connectivity index (χ1v) is 7.01.